The molecule has 2 N–H and O–H groups in total. The number of alkyl halides is 3. The summed E-state index contributed by atoms with van der Waals surface area (Å²) in [5.41, 5.74) is -2.24. The molecular weight excluding hydrogens is 473 g/mol. The highest BCUT2D eigenvalue weighted by Gasteiger charge is 2.41. The summed E-state index contributed by atoms with van der Waals surface area (Å²) in [6.45, 7) is 0. The van der Waals surface area contributed by atoms with Crippen molar-refractivity contribution in [3.8, 4) is 0 Å². The van der Waals surface area contributed by atoms with Gasteiger partial charge in [-0.2, -0.15) is 13.2 Å². The first-order valence-corrected chi connectivity index (χ1v) is 10.3. The van der Waals surface area contributed by atoms with Crippen molar-refractivity contribution >= 4 is 33.4 Å². The zero-order chi connectivity index (χ0) is 21.2. The van der Waals surface area contributed by atoms with E-state index in [0.29, 0.717) is 18.4 Å². The summed E-state index contributed by atoms with van der Waals surface area (Å²) >= 11 is 9.22. The van der Waals surface area contributed by atoms with Crippen LogP contribution in [-0.4, -0.2) is 21.6 Å². The molecule has 1 unspecified atom stereocenters. The van der Waals surface area contributed by atoms with Gasteiger partial charge in [-0.05, 0) is 36.6 Å². The van der Waals surface area contributed by atoms with Crippen molar-refractivity contribution in [3.63, 3.8) is 0 Å². The van der Waals surface area contributed by atoms with Gasteiger partial charge in [-0.3, -0.25) is 4.79 Å². The van der Waals surface area contributed by atoms with Crippen LogP contribution in [0.3, 0.4) is 0 Å². The van der Waals surface area contributed by atoms with Gasteiger partial charge in [-0.1, -0.05) is 58.9 Å². The van der Waals surface area contributed by atoms with Gasteiger partial charge in [0, 0.05) is 10.7 Å². The molecule has 0 radical (unpaired) electrons. The summed E-state index contributed by atoms with van der Waals surface area (Å²) in [4.78, 5) is 16.6. The Morgan fingerprint density at radius 3 is 2.55 bits per heavy atom. The fraction of sp³-hybridized carbons (Fsp3) is 0.400. The second-order valence-corrected chi connectivity index (χ2v) is 8.44. The molecule has 1 aliphatic carbocycles. The van der Waals surface area contributed by atoms with Gasteiger partial charge in [0.05, 0.1) is 22.2 Å². The molecule has 156 valence electrons. The molecule has 3 rings (SSSR count). The third-order valence-electron chi connectivity index (χ3n) is 5.12. The van der Waals surface area contributed by atoms with Crippen molar-refractivity contribution in [2.24, 2.45) is 0 Å². The number of benzene rings is 1. The van der Waals surface area contributed by atoms with Gasteiger partial charge in [-0.15, -0.1) is 0 Å². The molecule has 29 heavy (non-hydrogen) atoms. The van der Waals surface area contributed by atoms with Crippen molar-refractivity contribution in [2.75, 3.05) is 0 Å². The number of nitrogens with zero attached hydrogens (tertiary/aromatic N) is 1. The van der Waals surface area contributed by atoms with E-state index < -0.39 is 40.0 Å². The summed E-state index contributed by atoms with van der Waals surface area (Å²) in [7, 11) is 0. The number of aromatic nitrogens is 1. The SMILES string of the molecule is O=C(NC(c1cccc(Br)c1)C1(O)CCCCC1)c1nccc(C(F)(F)F)c1Cl. The minimum atomic E-state index is -4.71. The second kappa shape index (κ2) is 8.62. The molecule has 4 nitrogen and oxygen atoms in total. The van der Waals surface area contributed by atoms with Gasteiger partial charge in [0.25, 0.3) is 5.91 Å². The van der Waals surface area contributed by atoms with E-state index in [9.17, 15) is 23.1 Å². The highest BCUT2D eigenvalue weighted by atomic mass is 79.9. The number of amides is 1. The van der Waals surface area contributed by atoms with Crippen LogP contribution in [0.15, 0.2) is 41.0 Å². The molecule has 1 aromatic heterocycles. The van der Waals surface area contributed by atoms with Crippen LogP contribution in [0.1, 0.15) is 59.8 Å². The largest absolute Gasteiger partial charge is 0.417 e. The Bertz CT molecular complexity index is 902. The molecule has 2 aromatic rings. The van der Waals surface area contributed by atoms with Crippen molar-refractivity contribution < 1.29 is 23.1 Å². The molecule has 1 fully saturated rings. The molecule has 0 spiro atoms. The Morgan fingerprint density at radius 1 is 1.24 bits per heavy atom. The maximum atomic E-state index is 13.1. The Labute approximate surface area is 179 Å². The van der Waals surface area contributed by atoms with Crippen LogP contribution in [0.5, 0.6) is 0 Å². The lowest BCUT2D eigenvalue weighted by Gasteiger charge is -2.40. The summed E-state index contributed by atoms with van der Waals surface area (Å²) in [6, 6.07) is 6.99. The zero-order valence-electron chi connectivity index (χ0n) is 15.3. The normalized spacial score (nSPS) is 17.6. The van der Waals surface area contributed by atoms with Crippen LogP contribution in [-0.2, 0) is 6.18 Å². The van der Waals surface area contributed by atoms with E-state index in [-0.39, 0.29) is 0 Å². The number of carbonyl (C=O) groups excluding carboxylic acids is 1. The molecule has 0 saturated heterocycles. The van der Waals surface area contributed by atoms with Crippen LogP contribution in [0.25, 0.3) is 0 Å². The van der Waals surface area contributed by atoms with E-state index in [1.54, 1.807) is 24.3 Å². The summed E-state index contributed by atoms with van der Waals surface area (Å²) in [6.07, 6.45) is -0.322. The first kappa shape index (κ1) is 22.1. The van der Waals surface area contributed by atoms with Crippen molar-refractivity contribution in [2.45, 2.75) is 49.9 Å². The Hall–Kier alpha value is -1.64. The predicted molar refractivity (Wildman–Crippen MR) is 107 cm³/mol. The fourth-order valence-corrected chi connectivity index (χ4v) is 4.41. The first-order chi connectivity index (χ1) is 13.6. The van der Waals surface area contributed by atoms with Gasteiger partial charge in [0.1, 0.15) is 5.69 Å². The fourth-order valence-electron chi connectivity index (χ4n) is 3.69. The third-order valence-corrected chi connectivity index (χ3v) is 6.00. The van der Waals surface area contributed by atoms with E-state index in [0.717, 1.165) is 36.0 Å². The predicted octanol–water partition coefficient (Wildman–Crippen LogP) is 5.68. The molecule has 1 amide bonds. The maximum Gasteiger partial charge on any atom is 0.417 e. The highest BCUT2D eigenvalue weighted by Crippen LogP contribution is 2.40. The molecule has 1 aromatic carbocycles. The molecule has 1 saturated carbocycles. The quantitative estimate of drug-likeness (QED) is 0.578. The number of nitrogens with one attached hydrogen (secondary N) is 1. The topological polar surface area (TPSA) is 62.2 Å². The van der Waals surface area contributed by atoms with Gasteiger partial charge >= 0.3 is 6.18 Å². The number of carbonyl (C=O) groups is 1. The number of hydrogen-bond donors (Lipinski definition) is 2. The number of aliphatic hydroxyl groups is 1. The van der Waals surface area contributed by atoms with Gasteiger partial charge in [-0.25, -0.2) is 4.98 Å². The van der Waals surface area contributed by atoms with Crippen LogP contribution in [0.2, 0.25) is 5.02 Å². The van der Waals surface area contributed by atoms with Crippen LogP contribution in [0.4, 0.5) is 13.2 Å². The molecule has 9 heteroatoms. The molecule has 1 aliphatic rings. The molecular formula is C20H19BrClF3N2O2. The summed E-state index contributed by atoms with van der Waals surface area (Å²) < 4.78 is 40.1. The Balaban J connectivity index is 1.97. The lowest BCUT2D eigenvalue weighted by Crippen LogP contribution is -2.47. The summed E-state index contributed by atoms with van der Waals surface area (Å²) in [5.74, 6) is -0.870. The molecule has 1 heterocycles. The zero-order valence-corrected chi connectivity index (χ0v) is 17.6. The first-order valence-electron chi connectivity index (χ1n) is 9.12. The van der Waals surface area contributed by atoms with Crippen molar-refractivity contribution in [3.05, 3.63) is 62.8 Å². The smallest absolute Gasteiger partial charge is 0.387 e. The molecule has 0 aliphatic heterocycles. The van der Waals surface area contributed by atoms with Gasteiger partial charge < -0.3 is 10.4 Å². The van der Waals surface area contributed by atoms with Crippen molar-refractivity contribution in [1.82, 2.24) is 10.3 Å². The maximum absolute atomic E-state index is 13.1. The average molecular weight is 492 g/mol. The molecule has 1 atom stereocenters. The lowest BCUT2D eigenvalue weighted by atomic mass is 9.77. The standard InChI is InChI=1S/C20H19BrClF3N2O2/c21-13-6-4-5-12(11-13)17(19(29)8-2-1-3-9-19)27-18(28)16-15(22)14(7-10-26-16)20(23,24)25/h4-7,10-11,17,29H,1-3,8-9H2,(H,27,28). The van der Waals surface area contributed by atoms with E-state index in [1.165, 1.54) is 0 Å². The monoisotopic (exact) mass is 490 g/mol. The third kappa shape index (κ3) is 4.92. The van der Waals surface area contributed by atoms with E-state index >= 15 is 0 Å². The number of rotatable bonds is 4. The van der Waals surface area contributed by atoms with E-state index in [2.05, 4.69) is 26.2 Å². The Morgan fingerprint density at radius 2 is 1.93 bits per heavy atom. The number of halogens is 5. The number of hydrogen-bond acceptors (Lipinski definition) is 3. The second-order valence-electron chi connectivity index (χ2n) is 7.14. The van der Waals surface area contributed by atoms with Crippen LogP contribution >= 0.6 is 27.5 Å². The lowest BCUT2D eigenvalue weighted by molar-refractivity contribution is -0.137. The highest BCUT2D eigenvalue weighted by molar-refractivity contribution is 9.10. The Kier molecular flexibility index (Phi) is 6.55. The molecule has 0 bridgehead atoms. The minimum absolute atomic E-state index is 0.466. The minimum Gasteiger partial charge on any atom is -0.387 e. The summed E-state index contributed by atoms with van der Waals surface area (Å²) in [5, 5.41) is 13.2. The van der Waals surface area contributed by atoms with E-state index in [1.807, 2.05) is 0 Å². The number of pyridine rings is 1. The van der Waals surface area contributed by atoms with Gasteiger partial charge in [0.2, 0.25) is 0 Å². The van der Waals surface area contributed by atoms with E-state index in [4.69, 9.17) is 11.6 Å². The average Bonchev–Trinajstić information content (AvgIpc) is 2.65. The van der Waals surface area contributed by atoms with Gasteiger partial charge in [0.15, 0.2) is 0 Å². The van der Waals surface area contributed by atoms with Crippen LogP contribution < -0.4 is 5.32 Å². The van der Waals surface area contributed by atoms with Crippen molar-refractivity contribution in [1.29, 1.82) is 0 Å². The van der Waals surface area contributed by atoms with Crippen LogP contribution in [0, 0.1) is 0 Å².